The van der Waals surface area contributed by atoms with E-state index in [1.54, 1.807) is 7.11 Å². The fraction of sp³-hybridized carbons (Fsp3) is 0.619. The maximum absolute atomic E-state index is 13.3. The van der Waals surface area contributed by atoms with Crippen LogP contribution in [0, 0.1) is 18.8 Å². The van der Waals surface area contributed by atoms with Crippen LogP contribution < -0.4 is 0 Å². The second kappa shape index (κ2) is 6.80. The van der Waals surface area contributed by atoms with Crippen LogP contribution >= 0.6 is 0 Å². The van der Waals surface area contributed by atoms with Gasteiger partial charge in [0.25, 0.3) is 0 Å². The second-order valence-corrected chi connectivity index (χ2v) is 8.59. The first-order valence-electron chi connectivity index (χ1n) is 10.2. The van der Waals surface area contributed by atoms with Crippen LogP contribution in [0.5, 0.6) is 0 Å². The van der Waals surface area contributed by atoms with Gasteiger partial charge in [0.1, 0.15) is 5.82 Å². The summed E-state index contributed by atoms with van der Waals surface area (Å²) in [6.45, 7) is 5.20. The Morgan fingerprint density at radius 3 is 2.55 bits per heavy atom. The Bertz CT molecular complexity index is 909. The highest BCUT2D eigenvalue weighted by molar-refractivity contribution is 5.59. The summed E-state index contributed by atoms with van der Waals surface area (Å²) in [7, 11) is 1.72. The van der Waals surface area contributed by atoms with Crippen molar-refractivity contribution >= 4 is 0 Å². The predicted molar refractivity (Wildman–Crippen MR) is 102 cm³/mol. The number of hydrogen-bond donors (Lipinski definition) is 0. The lowest BCUT2D eigenvalue weighted by molar-refractivity contribution is -0.138. The summed E-state index contributed by atoms with van der Waals surface area (Å²) in [6.07, 6.45) is 1.28. The first kappa shape index (κ1) is 19.1. The highest BCUT2D eigenvalue weighted by atomic mass is 19.4. The molecule has 3 heterocycles. The molecule has 3 fully saturated rings. The van der Waals surface area contributed by atoms with Gasteiger partial charge < -0.3 is 14.2 Å². The SMILES string of the molecule is COCCN1C[C@@H]2[C@H](C1)[C@H]2n1cc(-c2cnc(C)c(C(F)(F)F)c2)nc1C1CC1. The molecule has 0 N–H and O–H groups in total. The molecule has 0 spiro atoms. The summed E-state index contributed by atoms with van der Waals surface area (Å²) in [5, 5.41) is 0. The number of imidazole rings is 1. The molecule has 0 aromatic carbocycles. The number of pyridine rings is 1. The Hall–Kier alpha value is -1.93. The first-order valence-corrected chi connectivity index (χ1v) is 10.2. The Labute approximate surface area is 167 Å². The van der Waals surface area contributed by atoms with Gasteiger partial charge in [0.05, 0.1) is 17.9 Å². The van der Waals surface area contributed by atoms with Crippen LogP contribution in [0.2, 0.25) is 0 Å². The molecule has 5 rings (SSSR count). The van der Waals surface area contributed by atoms with E-state index in [2.05, 4.69) is 14.5 Å². The minimum Gasteiger partial charge on any atom is -0.383 e. The van der Waals surface area contributed by atoms with Gasteiger partial charge >= 0.3 is 6.18 Å². The number of rotatable bonds is 6. The molecule has 3 aliphatic rings. The first-order chi connectivity index (χ1) is 13.9. The summed E-state index contributed by atoms with van der Waals surface area (Å²) >= 11 is 0. The molecule has 3 atom stereocenters. The molecule has 5 nitrogen and oxygen atoms in total. The van der Waals surface area contributed by atoms with E-state index in [1.165, 1.54) is 19.2 Å². The van der Waals surface area contributed by atoms with E-state index in [9.17, 15) is 13.2 Å². The molecule has 0 bridgehead atoms. The predicted octanol–water partition coefficient (Wildman–Crippen LogP) is 3.90. The molecule has 2 aromatic rings. The number of aryl methyl sites for hydroxylation is 1. The molecule has 2 saturated carbocycles. The minimum absolute atomic E-state index is 0.00373. The van der Waals surface area contributed by atoms with Crippen molar-refractivity contribution in [2.45, 2.75) is 37.9 Å². The van der Waals surface area contributed by atoms with Crippen LogP contribution in [0.25, 0.3) is 11.3 Å². The van der Waals surface area contributed by atoms with Crippen molar-refractivity contribution in [2.75, 3.05) is 33.4 Å². The number of ether oxygens (including phenoxy) is 1. The number of hydrogen-bond acceptors (Lipinski definition) is 4. The van der Waals surface area contributed by atoms with Gasteiger partial charge in [0, 0.05) is 62.4 Å². The number of methoxy groups -OCH3 is 1. The molecule has 8 heteroatoms. The summed E-state index contributed by atoms with van der Waals surface area (Å²) < 4.78 is 47.4. The van der Waals surface area contributed by atoms with Crippen LogP contribution in [0.15, 0.2) is 18.5 Å². The smallest absolute Gasteiger partial charge is 0.383 e. The lowest BCUT2D eigenvalue weighted by atomic mass is 10.1. The van der Waals surface area contributed by atoms with Gasteiger partial charge in [0.2, 0.25) is 0 Å². The Balaban J connectivity index is 1.41. The number of fused-ring (bicyclic) bond motifs is 1. The maximum atomic E-state index is 13.3. The molecule has 2 aliphatic carbocycles. The fourth-order valence-corrected chi connectivity index (χ4v) is 4.79. The van der Waals surface area contributed by atoms with E-state index in [0.717, 1.165) is 44.9 Å². The summed E-state index contributed by atoms with van der Waals surface area (Å²) in [4.78, 5) is 11.2. The molecular weight excluding hydrogens is 381 g/mol. The molecule has 1 aliphatic heterocycles. The van der Waals surface area contributed by atoms with Crippen molar-refractivity contribution in [3.8, 4) is 11.3 Å². The van der Waals surface area contributed by atoms with Gasteiger partial charge in [-0.1, -0.05) is 0 Å². The summed E-state index contributed by atoms with van der Waals surface area (Å²) in [5.74, 6) is 2.69. The normalized spacial score (nSPS) is 26.7. The van der Waals surface area contributed by atoms with Crippen molar-refractivity contribution in [3.05, 3.63) is 35.5 Å². The van der Waals surface area contributed by atoms with Crippen LogP contribution in [0.3, 0.4) is 0 Å². The van der Waals surface area contributed by atoms with Crippen LogP contribution in [-0.4, -0.2) is 52.8 Å². The molecule has 0 unspecified atom stereocenters. The molecule has 0 radical (unpaired) electrons. The average molecular weight is 406 g/mol. The maximum Gasteiger partial charge on any atom is 0.418 e. The van der Waals surface area contributed by atoms with Gasteiger partial charge in [-0.05, 0) is 37.7 Å². The number of aromatic nitrogens is 3. The van der Waals surface area contributed by atoms with E-state index in [0.29, 0.717) is 35.1 Å². The molecule has 1 saturated heterocycles. The molecule has 29 heavy (non-hydrogen) atoms. The largest absolute Gasteiger partial charge is 0.418 e. The number of nitrogens with zero attached hydrogens (tertiary/aromatic N) is 4. The molecule has 2 aromatic heterocycles. The van der Waals surface area contributed by atoms with E-state index < -0.39 is 11.7 Å². The summed E-state index contributed by atoms with van der Waals surface area (Å²) in [5.41, 5.74) is 0.354. The minimum atomic E-state index is -4.41. The van der Waals surface area contributed by atoms with E-state index in [-0.39, 0.29) is 5.69 Å². The second-order valence-electron chi connectivity index (χ2n) is 8.59. The lowest BCUT2D eigenvalue weighted by Gasteiger charge is -2.20. The lowest BCUT2D eigenvalue weighted by Crippen LogP contribution is -2.28. The van der Waals surface area contributed by atoms with E-state index in [1.807, 2.05) is 6.20 Å². The van der Waals surface area contributed by atoms with Crippen LogP contribution in [-0.2, 0) is 10.9 Å². The van der Waals surface area contributed by atoms with Gasteiger partial charge in [-0.15, -0.1) is 0 Å². The number of halogens is 3. The van der Waals surface area contributed by atoms with E-state index >= 15 is 0 Å². The van der Waals surface area contributed by atoms with Gasteiger partial charge in [-0.25, -0.2) is 4.98 Å². The zero-order valence-electron chi connectivity index (χ0n) is 16.6. The van der Waals surface area contributed by atoms with Crippen molar-refractivity contribution in [1.82, 2.24) is 19.4 Å². The number of piperidine rings is 1. The topological polar surface area (TPSA) is 43.2 Å². The highest BCUT2D eigenvalue weighted by Crippen LogP contribution is 2.57. The summed E-state index contributed by atoms with van der Waals surface area (Å²) in [6, 6.07) is 1.61. The third-order valence-electron chi connectivity index (χ3n) is 6.55. The molecular formula is C21H25F3N4O. The third-order valence-corrected chi connectivity index (χ3v) is 6.55. The zero-order chi connectivity index (χ0) is 20.3. The molecule has 0 amide bonds. The molecule has 156 valence electrons. The average Bonchev–Trinajstić information content (AvgIpc) is 3.55. The Kier molecular flexibility index (Phi) is 4.47. The van der Waals surface area contributed by atoms with Crippen LogP contribution in [0.4, 0.5) is 13.2 Å². The standard InChI is InChI=1S/C21H25F3N4O/c1-12-17(21(22,23)24)7-14(8-25-12)18-11-28(20(26-18)13-3-4-13)19-15-9-27(5-6-29-2)10-16(15)19/h7-8,11,13,15-16,19H,3-6,9-10H2,1-2H3/t15-,16+,19+. The van der Waals surface area contributed by atoms with Crippen molar-refractivity contribution in [1.29, 1.82) is 0 Å². The fourth-order valence-electron chi connectivity index (χ4n) is 4.79. The number of alkyl halides is 3. The number of likely N-dealkylation sites (tertiary alicyclic amines) is 1. The van der Waals surface area contributed by atoms with Crippen molar-refractivity contribution < 1.29 is 17.9 Å². The van der Waals surface area contributed by atoms with Crippen molar-refractivity contribution in [3.63, 3.8) is 0 Å². The van der Waals surface area contributed by atoms with Crippen molar-refractivity contribution in [2.24, 2.45) is 11.8 Å². The van der Waals surface area contributed by atoms with Gasteiger partial charge in [-0.2, -0.15) is 13.2 Å². The van der Waals surface area contributed by atoms with Crippen LogP contribution in [0.1, 0.15) is 41.9 Å². The Morgan fingerprint density at radius 2 is 1.93 bits per heavy atom. The quantitative estimate of drug-likeness (QED) is 0.730. The Morgan fingerprint density at radius 1 is 1.21 bits per heavy atom. The zero-order valence-corrected chi connectivity index (χ0v) is 16.6. The van der Waals surface area contributed by atoms with E-state index in [4.69, 9.17) is 9.72 Å². The monoisotopic (exact) mass is 406 g/mol. The van der Waals surface area contributed by atoms with Gasteiger partial charge in [0.15, 0.2) is 0 Å². The third kappa shape index (κ3) is 3.46. The van der Waals surface area contributed by atoms with Gasteiger partial charge in [-0.3, -0.25) is 4.98 Å². The highest BCUT2D eigenvalue weighted by Gasteiger charge is 2.57.